The van der Waals surface area contributed by atoms with Crippen molar-refractivity contribution in [2.24, 2.45) is 0 Å². The van der Waals surface area contributed by atoms with E-state index in [-0.39, 0.29) is 14.9 Å². The van der Waals surface area contributed by atoms with Gasteiger partial charge in [0, 0.05) is 4.88 Å². The number of thiophene rings is 1. The van der Waals surface area contributed by atoms with Gasteiger partial charge in [0.1, 0.15) is 9.77 Å². The molecule has 0 aliphatic rings. The molecule has 0 atom stereocenters. The summed E-state index contributed by atoms with van der Waals surface area (Å²) in [6.07, 6.45) is 0. The molecule has 0 amide bonds. The molecule has 2 N–H and O–H groups in total. The van der Waals surface area contributed by atoms with Crippen LogP contribution in [0.15, 0.2) is 10.3 Å². The fraction of sp³-hybridized carbons (Fsp3) is 0.273. The quantitative estimate of drug-likeness (QED) is 0.897. The number of hydrogen-bond acceptors (Lipinski definition) is 6. The van der Waals surface area contributed by atoms with Gasteiger partial charge in [-0.25, -0.2) is 18.2 Å². The lowest BCUT2D eigenvalue weighted by molar-refractivity contribution is 0.0698. The molecule has 2 aromatic heterocycles. The predicted molar refractivity (Wildman–Crippen MR) is 78.4 cm³/mol. The number of anilines is 1. The number of thiazole rings is 1. The number of nitrogens with one attached hydrogen (secondary N) is 1. The van der Waals surface area contributed by atoms with E-state index in [0.717, 1.165) is 21.9 Å². The highest BCUT2D eigenvalue weighted by Crippen LogP contribution is 2.30. The van der Waals surface area contributed by atoms with Gasteiger partial charge in [0.05, 0.1) is 5.69 Å². The standard InChI is InChI=1S/C11H12N2O4S3/c1-5-4-18-8(10(14)15)9(5)20(16,17)13-11-12-6(2)7(3)19-11/h4H,1-3H3,(H,12,13)(H,14,15). The molecule has 2 aromatic rings. The summed E-state index contributed by atoms with van der Waals surface area (Å²) in [7, 11) is -3.95. The summed E-state index contributed by atoms with van der Waals surface area (Å²) in [4.78, 5) is 15.7. The van der Waals surface area contributed by atoms with Crippen LogP contribution >= 0.6 is 22.7 Å². The lowest BCUT2D eigenvalue weighted by atomic mass is 10.3. The molecule has 6 nitrogen and oxygen atoms in total. The van der Waals surface area contributed by atoms with Crippen LogP contribution in [-0.2, 0) is 10.0 Å². The first kappa shape index (κ1) is 14.9. The number of rotatable bonds is 4. The first-order chi connectivity index (χ1) is 9.22. The average molecular weight is 332 g/mol. The number of nitrogens with zero attached hydrogens (tertiary/aromatic N) is 1. The van der Waals surface area contributed by atoms with Gasteiger partial charge in [-0.2, -0.15) is 0 Å². The summed E-state index contributed by atoms with van der Waals surface area (Å²) in [6, 6.07) is 0. The smallest absolute Gasteiger partial charge is 0.347 e. The number of sulfonamides is 1. The average Bonchev–Trinajstić information content (AvgIpc) is 2.83. The van der Waals surface area contributed by atoms with Crippen LogP contribution in [0.1, 0.15) is 25.8 Å². The van der Waals surface area contributed by atoms with E-state index in [1.54, 1.807) is 13.8 Å². The minimum atomic E-state index is -3.95. The zero-order valence-corrected chi connectivity index (χ0v) is 13.4. The summed E-state index contributed by atoms with van der Waals surface area (Å²) in [5.41, 5.74) is 1.15. The van der Waals surface area contributed by atoms with Gasteiger partial charge in [-0.05, 0) is 31.7 Å². The molecule has 108 valence electrons. The Balaban J connectivity index is 2.45. The zero-order valence-electron chi connectivity index (χ0n) is 10.9. The molecule has 0 fully saturated rings. The Morgan fingerprint density at radius 3 is 2.50 bits per heavy atom. The van der Waals surface area contributed by atoms with Gasteiger partial charge in [-0.3, -0.25) is 4.72 Å². The molecule has 0 spiro atoms. The summed E-state index contributed by atoms with van der Waals surface area (Å²) in [5.74, 6) is -1.25. The zero-order chi connectivity index (χ0) is 15.1. The van der Waals surface area contributed by atoms with Crippen molar-refractivity contribution in [3.63, 3.8) is 0 Å². The second-order valence-corrected chi connectivity index (χ2v) is 7.85. The van der Waals surface area contributed by atoms with Crippen molar-refractivity contribution < 1.29 is 18.3 Å². The van der Waals surface area contributed by atoms with Crippen LogP contribution in [0.25, 0.3) is 0 Å². The van der Waals surface area contributed by atoms with Crippen LogP contribution in [0.3, 0.4) is 0 Å². The molecule has 0 bridgehead atoms. The number of aromatic nitrogens is 1. The summed E-state index contributed by atoms with van der Waals surface area (Å²) < 4.78 is 27.0. The third-order valence-electron chi connectivity index (χ3n) is 2.63. The van der Waals surface area contributed by atoms with Crippen LogP contribution < -0.4 is 4.72 Å². The van der Waals surface area contributed by atoms with Crippen molar-refractivity contribution in [1.29, 1.82) is 0 Å². The third-order valence-corrected chi connectivity index (χ3v) is 6.49. The number of aryl methyl sites for hydroxylation is 3. The molecular formula is C11H12N2O4S3. The molecule has 0 radical (unpaired) electrons. The maximum atomic E-state index is 12.3. The van der Waals surface area contributed by atoms with Gasteiger partial charge in [-0.1, -0.05) is 0 Å². The molecule has 0 saturated carbocycles. The minimum absolute atomic E-state index is 0.194. The van der Waals surface area contributed by atoms with Gasteiger partial charge < -0.3 is 5.11 Å². The highest BCUT2D eigenvalue weighted by Gasteiger charge is 2.27. The van der Waals surface area contributed by atoms with Crippen LogP contribution in [0.4, 0.5) is 5.13 Å². The molecule has 2 heterocycles. The molecule has 20 heavy (non-hydrogen) atoms. The Bertz CT molecular complexity index is 754. The maximum absolute atomic E-state index is 12.3. The molecule has 0 aromatic carbocycles. The van der Waals surface area contributed by atoms with Crippen molar-refractivity contribution in [2.45, 2.75) is 25.7 Å². The van der Waals surface area contributed by atoms with Gasteiger partial charge in [0.2, 0.25) is 0 Å². The van der Waals surface area contributed by atoms with Crippen molar-refractivity contribution >= 4 is 43.8 Å². The predicted octanol–water partition coefficient (Wildman–Crippen LogP) is 2.63. The number of carboxylic acid groups (broad SMARTS) is 1. The normalized spacial score (nSPS) is 11.6. The van der Waals surface area contributed by atoms with Crippen molar-refractivity contribution in [3.05, 3.63) is 26.4 Å². The molecule has 9 heteroatoms. The summed E-state index contributed by atoms with van der Waals surface area (Å²) in [6.45, 7) is 5.18. The number of hydrogen-bond donors (Lipinski definition) is 2. The van der Waals surface area contributed by atoms with Crippen molar-refractivity contribution in [3.8, 4) is 0 Å². The Morgan fingerprint density at radius 1 is 1.35 bits per heavy atom. The molecule has 0 aliphatic heterocycles. The first-order valence-electron chi connectivity index (χ1n) is 5.50. The molecule has 2 rings (SSSR count). The molecular weight excluding hydrogens is 320 g/mol. The first-order valence-corrected chi connectivity index (χ1v) is 8.68. The Hall–Kier alpha value is -1.45. The fourth-order valence-corrected chi connectivity index (χ4v) is 5.28. The van der Waals surface area contributed by atoms with Crippen LogP contribution in [0.2, 0.25) is 0 Å². The van der Waals surface area contributed by atoms with E-state index in [1.165, 1.54) is 16.7 Å². The van der Waals surface area contributed by atoms with E-state index in [4.69, 9.17) is 5.11 Å². The van der Waals surface area contributed by atoms with Gasteiger partial charge >= 0.3 is 5.97 Å². The summed E-state index contributed by atoms with van der Waals surface area (Å²) >= 11 is 2.11. The molecule has 0 aliphatic carbocycles. The van der Waals surface area contributed by atoms with Crippen molar-refractivity contribution in [1.82, 2.24) is 4.98 Å². The lowest BCUT2D eigenvalue weighted by Gasteiger charge is -2.06. The van der Waals surface area contributed by atoms with Crippen molar-refractivity contribution in [2.75, 3.05) is 4.72 Å². The number of aromatic carboxylic acids is 1. The van der Waals surface area contributed by atoms with Crippen LogP contribution in [-0.4, -0.2) is 24.5 Å². The van der Waals surface area contributed by atoms with Gasteiger partial charge in [0.25, 0.3) is 10.0 Å². The van der Waals surface area contributed by atoms with E-state index in [1.807, 2.05) is 6.92 Å². The van der Waals surface area contributed by atoms with E-state index >= 15 is 0 Å². The largest absolute Gasteiger partial charge is 0.477 e. The second-order valence-electron chi connectivity index (χ2n) is 4.15. The SMILES string of the molecule is Cc1csc(C(=O)O)c1S(=O)(=O)Nc1nc(C)c(C)s1. The van der Waals surface area contributed by atoms with Gasteiger partial charge in [0.15, 0.2) is 5.13 Å². The lowest BCUT2D eigenvalue weighted by Crippen LogP contribution is -2.16. The topological polar surface area (TPSA) is 96.4 Å². The number of carbonyl (C=O) groups is 1. The molecule has 0 unspecified atom stereocenters. The van der Waals surface area contributed by atoms with Crippen LogP contribution in [0, 0.1) is 20.8 Å². The maximum Gasteiger partial charge on any atom is 0.347 e. The Labute approximate surface area is 124 Å². The minimum Gasteiger partial charge on any atom is -0.477 e. The molecule has 0 saturated heterocycles. The third kappa shape index (κ3) is 2.69. The van der Waals surface area contributed by atoms with E-state index < -0.39 is 16.0 Å². The second kappa shape index (κ2) is 5.15. The van der Waals surface area contributed by atoms with Gasteiger partial charge in [-0.15, -0.1) is 22.7 Å². The number of carboxylic acids is 1. The summed E-state index contributed by atoms with van der Waals surface area (Å²) in [5, 5.41) is 10.8. The highest BCUT2D eigenvalue weighted by molar-refractivity contribution is 7.93. The van der Waals surface area contributed by atoms with Crippen LogP contribution in [0.5, 0.6) is 0 Å². The fourth-order valence-electron chi connectivity index (χ4n) is 1.60. The van der Waals surface area contributed by atoms with E-state index in [9.17, 15) is 13.2 Å². The Morgan fingerprint density at radius 2 is 2.00 bits per heavy atom. The monoisotopic (exact) mass is 332 g/mol. The van der Waals surface area contributed by atoms with E-state index in [2.05, 4.69) is 9.71 Å². The van der Waals surface area contributed by atoms with E-state index in [0.29, 0.717) is 5.56 Å². The Kier molecular flexibility index (Phi) is 3.85. The highest BCUT2D eigenvalue weighted by atomic mass is 32.2.